The second-order valence-electron chi connectivity index (χ2n) is 7.47. The Bertz CT molecular complexity index is 1210. The fourth-order valence-electron chi connectivity index (χ4n) is 3.17. The van der Waals surface area contributed by atoms with Crippen LogP contribution < -0.4 is 16.3 Å². The quantitative estimate of drug-likeness (QED) is 0.145. The lowest BCUT2D eigenvalue weighted by Gasteiger charge is -2.15. The van der Waals surface area contributed by atoms with E-state index in [0.717, 1.165) is 4.47 Å². The minimum atomic E-state index is -0.703. The number of ether oxygens (including phenoxy) is 1. The number of nitrogens with zero attached hydrogens (tertiary/aromatic N) is 2. The van der Waals surface area contributed by atoms with Crippen LogP contribution in [0.2, 0.25) is 5.02 Å². The van der Waals surface area contributed by atoms with Crippen LogP contribution in [0.4, 0.5) is 15.8 Å². The van der Waals surface area contributed by atoms with Gasteiger partial charge in [-0.15, -0.1) is 0 Å². The van der Waals surface area contributed by atoms with Gasteiger partial charge in [-0.05, 0) is 37.1 Å². The van der Waals surface area contributed by atoms with Gasteiger partial charge in [0.2, 0.25) is 5.91 Å². The maximum Gasteiger partial charge on any atom is 0.277 e. The number of fused-ring (bicyclic) bond motifs is 1. The zero-order chi connectivity index (χ0) is 25.4. The van der Waals surface area contributed by atoms with E-state index in [9.17, 15) is 9.59 Å². The number of carbonyl (C=O) groups excluding carboxylic acids is 2. The van der Waals surface area contributed by atoms with Crippen molar-refractivity contribution in [3.63, 3.8) is 0 Å². The van der Waals surface area contributed by atoms with Crippen LogP contribution in [0.1, 0.15) is 29.6 Å². The first-order valence-corrected chi connectivity index (χ1v) is 11.8. The van der Waals surface area contributed by atoms with Crippen LogP contribution in [-0.4, -0.2) is 46.4 Å². The fraction of sp³-hybridized carbons (Fsp3) is 0.318. The van der Waals surface area contributed by atoms with E-state index in [1.54, 1.807) is 35.3 Å². The Morgan fingerprint density at radius 3 is 2.77 bits per heavy atom. The van der Waals surface area contributed by atoms with Gasteiger partial charge in [-0.2, -0.15) is 0 Å². The molecular formula is C22H24BrClFN5O5. The third-order valence-corrected chi connectivity index (χ3v) is 5.76. The zero-order valence-electron chi connectivity index (χ0n) is 18.7. The topological polar surface area (TPSA) is 127 Å². The maximum atomic E-state index is 15.4. The molecule has 3 rings (SSSR count). The SMILES string of the molecule is Cn1cnc2c(F)c(Nc3ccc(Br)cc3Cl)c(C(=O)NOCCOCCCCC(=O)NO)cc21. The van der Waals surface area contributed by atoms with E-state index >= 15 is 4.39 Å². The van der Waals surface area contributed by atoms with Crippen molar-refractivity contribution >= 4 is 61.8 Å². The molecule has 0 bridgehead atoms. The van der Waals surface area contributed by atoms with E-state index in [0.29, 0.717) is 35.7 Å². The molecule has 0 fully saturated rings. The Labute approximate surface area is 213 Å². The molecule has 0 radical (unpaired) electrons. The summed E-state index contributed by atoms with van der Waals surface area (Å²) in [5.41, 5.74) is 4.71. The predicted octanol–water partition coefficient (Wildman–Crippen LogP) is 4.23. The van der Waals surface area contributed by atoms with E-state index in [4.69, 9.17) is 26.4 Å². The molecule has 0 aliphatic carbocycles. The van der Waals surface area contributed by atoms with E-state index in [2.05, 4.69) is 31.7 Å². The number of hydrogen-bond donors (Lipinski definition) is 4. The van der Waals surface area contributed by atoms with Crippen LogP contribution in [-0.2, 0) is 21.4 Å². The number of anilines is 2. The Hall–Kier alpha value is -2.77. The molecule has 1 heterocycles. The molecule has 188 valence electrons. The normalized spacial score (nSPS) is 11.0. The van der Waals surface area contributed by atoms with Gasteiger partial charge in [0, 0.05) is 24.5 Å². The zero-order valence-corrected chi connectivity index (χ0v) is 21.1. The second kappa shape index (κ2) is 12.8. The van der Waals surface area contributed by atoms with Gasteiger partial charge in [-0.25, -0.2) is 20.3 Å². The number of rotatable bonds is 12. The number of aryl methyl sites for hydroxylation is 1. The fourth-order valence-corrected chi connectivity index (χ4v) is 3.89. The summed E-state index contributed by atoms with van der Waals surface area (Å²) >= 11 is 9.59. The third kappa shape index (κ3) is 7.12. The Kier molecular flexibility index (Phi) is 9.81. The standard InChI is InChI=1S/C22H24BrClFN5O5/c1-30-12-26-21-17(30)11-14(20(19(21)25)27-16-6-5-13(23)10-15(16)24)22(32)29-35-9-8-34-7-3-2-4-18(31)28-33/h5-6,10-12,27,33H,2-4,7-9H2,1H3,(H,28,31)(H,29,32). The number of aromatic nitrogens is 2. The number of nitrogens with one attached hydrogen (secondary N) is 3. The number of hydroxylamine groups is 2. The Morgan fingerprint density at radius 2 is 2.03 bits per heavy atom. The summed E-state index contributed by atoms with van der Waals surface area (Å²) in [5.74, 6) is -1.82. The molecule has 3 aromatic rings. The first kappa shape index (κ1) is 26.8. The molecule has 0 aliphatic heterocycles. The number of hydrogen-bond acceptors (Lipinski definition) is 7. The van der Waals surface area contributed by atoms with Crippen molar-refractivity contribution < 1.29 is 28.8 Å². The molecule has 2 amide bonds. The van der Waals surface area contributed by atoms with Crippen molar-refractivity contribution in [3.05, 3.63) is 51.5 Å². The van der Waals surface area contributed by atoms with Gasteiger partial charge in [-0.3, -0.25) is 19.6 Å². The highest BCUT2D eigenvalue weighted by molar-refractivity contribution is 9.10. The van der Waals surface area contributed by atoms with Crippen LogP contribution in [0, 0.1) is 5.82 Å². The van der Waals surface area contributed by atoms with Crippen LogP contribution in [0.15, 0.2) is 35.1 Å². The second-order valence-corrected chi connectivity index (χ2v) is 8.79. The van der Waals surface area contributed by atoms with E-state index < -0.39 is 17.6 Å². The molecule has 0 spiro atoms. The Balaban J connectivity index is 1.63. The summed E-state index contributed by atoms with van der Waals surface area (Å²) in [6, 6.07) is 6.54. The van der Waals surface area contributed by atoms with Crippen molar-refractivity contribution in [1.82, 2.24) is 20.5 Å². The van der Waals surface area contributed by atoms with Crippen molar-refractivity contribution in [2.24, 2.45) is 7.05 Å². The van der Waals surface area contributed by atoms with Crippen molar-refractivity contribution in [2.75, 3.05) is 25.1 Å². The lowest BCUT2D eigenvalue weighted by molar-refractivity contribution is -0.129. The van der Waals surface area contributed by atoms with Crippen molar-refractivity contribution in [1.29, 1.82) is 0 Å². The van der Waals surface area contributed by atoms with Crippen LogP contribution in [0.3, 0.4) is 0 Å². The number of carbonyl (C=O) groups is 2. The molecule has 4 N–H and O–H groups in total. The van der Waals surface area contributed by atoms with Gasteiger partial charge in [0.05, 0.1) is 47.0 Å². The molecule has 0 saturated heterocycles. The minimum Gasteiger partial charge on any atom is -0.379 e. The molecule has 0 saturated carbocycles. The molecule has 0 aliphatic rings. The smallest absolute Gasteiger partial charge is 0.277 e. The first-order chi connectivity index (χ1) is 16.8. The van der Waals surface area contributed by atoms with Gasteiger partial charge in [0.1, 0.15) is 5.52 Å². The van der Waals surface area contributed by atoms with Gasteiger partial charge in [0.25, 0.3) is 5.91 Å². The average Bonchev–Trinajstić information content (AvgIpc) is 3.21. The van der Waals surface area contributed by atoms with Crippen LogP contribution in [0.25, 0.3) is 11.0 Å². The summed E-state index contributed by atoms with van der Waals surface area (Å²) in [5, 5.41) is 11.7. The lowest BCUT2D eigenvalue weighted by Crippen LogP contribution is -2.26. The van der Waals surface area contributed by atoms with Crippen LogP contribution in [0.5, 0.6) is 0 Å². The monoisotopic (exact) mass is 571 g/mol. The van der Waals surface area contributed by atoms with Crippen molar-refractivity contribution in [2.45, 2.75) is 19.3 Å². The molecule has 35 heavy (non-hydrogen) atoms. The molecule has 2 aromatic carbocycles. The average molecular weight is 573 g/mol. The van der Waals surface area contributed by atoms with Gasteiger partial charge in [-0.1, -0.05) is 27.5 Å². The number of halogens is 3. The summed E-state index contributed by atoms with van der Waals surface area (Å²) in [6.07, 6.45) is 2.84. The maximum absolute atomic E-state index is 15.4. The summed E-state index contributed by atoms with van der Waals surface area (Å²) < 4.78 is 23.1. The molecule has 0 unspecified atom stereocenters. The third-order valence-electron chi connectivity index (χ3n) is 4.96. The van der Waals surface area contributed by atoms with Gasteiger partial charge in [0.15, 0.2) is 5.82 Å². The molecule has 1 aromatic heterocycles. The largest absolute Gasteiger partial charge is 0.379 e. The summed E-state index contributed by atoms with van der Waals surface area (Å²) in [4.78, 5) is 33.1. The van der Waals surface area contributed by atoms with E-state index in [1.807, 2.05) is 0 Å². The highest BCUT2D eigenvalue weighted by Crippen LogP contribution is 2.34. The number of imidazole rings is 1. The van der Waals surface area contributed by atoms with Crippen molar-refractivity contribution in [3.8, 4) is 0 Å². The highest BCUT2D eigenvalue weighted by atomic mass is 79.9. The molecule has 0 atom stereocenters. The van der Waals surface area contributed by atoms with E-state index in [-0.39, 0.29) is 36.4 Å². The lowest BCUT2D eigenvalue weighted by atomic mass is 10.1. The minimum absolute atomic E-state index is 0.000615. The number of benzene rings is 2. The van der Waals surface area contributed by atoms with Gasteiger partial charge < -0.3 is 14.6 Å². The highest BCUT2D eigenvalue weighted by Gasteiger charge is 2.22. The predicted molar refractivity (Wildman–Crippen MR) is 131 cm³/mol. The number of amides is 2. The summed E-state index contributed by atoms with van der Waals surface area (Å²) in [6.45, 7) is 0.641. The molecular weight excluding hydrogens is 549 g/mol. The Morgan fingerprint density at radius 1 is 1.23 bits per heavy atom. The first-order valence-electron chi connectivity index (χ1n) is 10.6. The van der Waals surface area contributed by atoms with Gasteiger partial charge >= 0.3 is 0 Å². The molecule has 10 nitrogen and oxygen atoms in total. The molecule has 13 heteroatoms. The number of unbranched alkanes of at least 4 members (excludes halogenated alkanes) is 1. The van der Waals surface area contributed by atoms with E-state index in [1.165, 1.54) is 12.4 Å². The van der Waals surface area contributed by atoms with Crippen LogP contribution >= 0.6 is 27.5 Å². The summed E-state index contributed by atoms with van der Waals surface area (Å²) in [7, 11) is 1.69.